The second-order valence-corrected chi connectivity index (χ2v) is 5.18. The van der Waals surface area contributed by atoms with Crippen molar-refractivity contribution < 1.29 is 4.74 Å². The average molecular weight is 313 g/mol. The summed E-state index contributed by atoms with van der Waals surface area (Å²) < 4.78 is 7.45. The van der Waals surface area contributed by atoms with Crippen molar-refractivity contribution >= 4 is 22.7 Å². The van der Waals surface area contributed by atoms with E-state index in [0.717, 1.165) is 16.6 Å². The molecular weight excluding hydrogens is 298 g/mol. The van der Waals surface area contributed by atoms with Gasteiger partial charge in [0.25, 0.3) is 0 Å². The second-order valence-electron chi connectivity index (χ2n) is 5.18. The van der Waals surface area contributed by atoms with Gasteiger partial charge in [-0.05, 0) is 24.3 Å². The van der Waals surface area contributed by atoms with Gasteiger partial charge in [-0.3, -0.25) is 0 Å². The van der Waals surface area contributed by atoms with E-state index < -0.39 is 0 Å². The van der Waals surface area contributed by atoms with Crippen molar-refractivity contribution in [1.82, 2.24) is 9.55 Å². The summed E-state index contributed by atoms with van der Waals surface area (Å²) in [5, 5.41) is 9.61. The van der Waals surface area contributed by atoms with E-state index >= 15 is 0 Å². The Morgan fingerprint density at radius 1 is 1.25 bits per heavy atom. The Morgan fingerprint density at radius 2 is 2.00 bits per heavy atom. The van der Waals surface area contributed by atoms with Crippen LogP contribution in [-0.4, -0.2) is 16.2 Å². The molecule has 0 aliphatic heterocycles. The molecule has 2 aromatic carbocycles. The van der Waals surface area contributed by atoms with Crippen molar-refractivity contribution in [2.45, 2.75) is 0 Å². The fourth-order valence-corrected chi connectivity index (χ4v) is 2.54. The Bertz CT molecular complexity index is 1000. The molecule has 116 valence electrons. The number of aryl methyl sites for hydroxylation is 1. The van der Waals surface area contributed by atoms with Crippen molar-refractivity contribution in [3.05, 3.63) is 59.9 Å². The molecule has 1 heterocycles. The zero-order valence-corrected chi connectivity index (χ0v) is 13.2. The maximum absolute atomic E-state index is 9.61. The number of fused-ring (bicyclic) bond motifs is 1. The van der Waals surface area contributed by atoms with Gasteiger partial charge in [-0.2, -0.15) is 5.26 Å². The number of aromatic nitrogens is 2. The van der Waals surface area contributed by atoms with Gasteiger partial charge < -0.3 is 9.30 Å². The lowest BCUT2D eigenvalue weighted by Gasteiger charge is -2.07. The Balaban J connectivity index is 2.09. The zero-order chi connectivity index (χ0) is 16.9. The van der Waals surface area contributed by atoms with E-state index in [0.29, 0.717) is 17.1 Å². The number of hydrogen-bond donors (Lipinski definition) is 0. The Labute approximate surface area is 140 Å². The zero-order valence-electron chi connectivity index (χ0n) is 13.2. The van der Waals surface area contributed by atoms with E-state index in [-0.39, 0.29) is 6.61 Å². The molecule has 4 heteroatoms. The van der Waals surface area contributed by atoms with Crippen LogP contribution in [0.15, 0.2) is 48.5 Å². The molecule has 0 radical (unpaired) electrons. The molecule has 3 aromatic rings. The fraction of sp³-hybridized carbons (Fsp3) is 0.100. The normalized spacial score (nSPS) is 11.0. The number of hydrogen-bond acceptors (Lipinski definition) is 3. The van der Waals surface area contributed by atoms with E-state index in [1.54, 1.807) is 6.08 Å². The molecule has 0 saturated carbocycles. The highest BCUT2D eigenvalue weighted by molar-refractivity contribution is 5.91. The standard InChI is InChI=1S/C20H15N3O/c1-3-12-24-19-11-7-4-8-15(19)13-16(14-21)20-22-17-9-5-6-10-18(17)23(20)2/h1,4-11,13H,12H2,2H3/b16-13+. The summed E-state index contributed by atoms with van der Waals surface area (Å²) in [4.78, 5) is 4.57. The summed E-state index contributed by atoms with van der Waals surface area (Å²) >= 11 is 0. The van der Waals surface area contributed by atoms with Gasteiger partial charge in [0, 0.05) is 12.6 Å². The maximum atomic E-state index is 9.61. The van der Waals surface area contributed by atoms with Crippen LogP contribution in [0.25, 0.3) is 22.7 Å². The highest BCUT2D eigenvalue weighted by atomic mass is 16.5. The monoisotopic (exact) mass is 313 g/mol. The first kappa shape index (κ1) is 15.4. The first-order chi connectivity index (χ1) is 11.7. The third kappa shape index (κ3) is 2.86. The number of allylic oxidation sites excluding steroid dienone is 1. The Kier molecular flexibility index (Phi) is 4.32. The van der Waals surface area contributed by atoms with Crippen molar-refractivity contribution in [2.75, 3.05) is 6.61 Å². The van der Waals surface area contributed by atoms with Gasteiger partial charge in [0.05, 0.1) is 16.6 Å². The predicted octanol–water partition coefficient (Wildman–Crippen LogP) is 3.65. The molecule has 0 saturated heterocycles. The largest absolute Gasteiger partial charge is 0.480 e. The minimum atomic E-state index is 0.180. The number of para-hydroxylation sites is 3. The highest BCUT2D eigenvalue weighted by Gasteiger charge is 2.12. The van der Waals surface area contributed by atoms with Crippen molar-refractivity contribution in [2.24, 2.45) is 7.05 Å². The lowest BCUT2D eigenvalue weighted by Crippen LogP contribution is -1.98. The summed E-state index contributed by atoms with van der Waals surface area (Å²) in [6.07, 6.45) is 7.02. The van der Waals surface area contributed by atoms with E-state index in [1.807, 2.05) is 60.1 Å². The van der Waals surface area contributed by atoms with Gasteiger partial charge >= 0.3 is 0 Å². The molecule has 0 aliphatic carbocycles. The lowest BCUT2D eigenvalue weighted by molar-refractivity contribution is 0.369. The average Bonchev–Trinajstić information content (AvgIpc) is 2.96. The van der Waals surface area contributed by atoms with Crippen LogP contribution >= 0.6 is 0 Å². The molecular formula is C20H15N3O. The van der Waals surface area contributed by atoms with Gasteiger partial charge in [-0.15, -0.1) is 6.42 Å². The molecule has 4 nitrogen and oxygen atoms in total. The van der Waals surface area contributed by atoms with E-state index in [9.17, 15) is 5.26 Å². The number of nitriles is 1. The molecule has 0 spiro atoms. The number of rotatable bonds is 4. The molecule has 0 fully saturated rings. The van der Waals surface area contributed by atoms with Crippen LogP contribution in [0.1, 0.15) is 11.4 Å². The molecule has 3 rings (SSSR count). The quantitative estimate of drug-likeness (QED) is 0.546. The second kappa shape index (κ2) is 6.73. The van der Waals surface area contributed by atoms with Crippen molar-refractivity contribution in [3.63, 3.8) is 0 Å². The van der Waals surface area contributed by atoms with Crippen molar-refractivity contribution in [1.29, 1.82) is 5.26 Å². The summed E-state index contributed by atoms with van der Waals surface area (Å²) in [6.45, 7) is 0.180. The molecule has 24 heavy (non-hydrogen) atoms. The molecule has 0 atom stereocenters. The first-order valence-corrected chi connectivity index (χ1v) is 7.43. The topological polar surface area (TPSA) is 50.8 Å². The van der Waals surface area contributed by atoms with Gasteiger partial charge in [-0.25, -0.2) is 4.98 Å². The SMILES string of the molecule is C#CCOc1ccccc1/C=C(\C#N)c1nc2ccccc2n1C. The third-order valence-corrected chi connectivity index (χ3v) is 3.68. The lowest BCUT2D eigenvalue weighted by atomic mass is 10.1. The summed E-state index contributed by atoms with van der Waals surface area (Å²) in [7, 11) is 1.90. The van der Waals surface area contributed by atoms with Gasteiger partial charge in [-0.1, -0.05) is 36.3 Å². The van der Waals surface area contributed by atoms with Crippen LogP contribution in [0.2, 0.25) is 0 Å². The Morgan fingerprint density at radius 3 is 2.75 bits per heavy atom. The smallest absolute Gasteiger partial charge is 0.151 e. The number of imidazole rings is 1. The fourth-order valence-electron chi connectivity index (χ4n) is 2.54. The molecule has 0 amide bonds. The molecule has 0 bridgehead atoms. The first-order valence-electron chi connectivity index (χ1n) is 7.43. The number of terminal acetylenes is 1. The van der Waals surface area contributed by atoms with Crippen LogP contribution in [0, 0.1) is 23.7 Å². The van der Waals surface area contributed by atoms with Crippen LogP contribution < -0.4 is 4.74 Å². The molecule has 1 aromatic heterocycles. The number of benzene rings is 2. The maximum Gasteiger partial charge on any atom is 0.151 e. The summed E-state index contributed by atoms with van der Waals surface area (Å²) in [6, 6.07) is 17.5. The Hall–Kier alpha value is -3.50. The summed E-state index contributed by atoms with van der Waals surface area (Å²) in [5.41, 5.74) is 3.08. The third-order valence-electron chi connectivity index (χ3n) is 3.68. The minimum Gasteiger partial charge on any atom is -0.480 e. The van der Waals surface area contributed by atoms with E-state index in [1.165, 1.54) is 0 Å². The van der Waals surface area contributed by atoms with Crippen molar-refractivity contribution in [3.8, 4) is 24.2 Å². The number of nitrogens with zero attached hydrogens (tertiary/aromatic N) is 3. The van der Waals surface area contributed by atoms with Gasteiger partial charge in [0.15, 0.2) is 5.82 Å². The molecule has 0 unspecified atom stereocenters. The summed E-state index contributed by atoms with van der Waals surface area (Å²) in [5.74, 6) is 3.70. The number of ether oxygens (including phenoxy) is 1. The van der Waals surface area contributed by atoms with Crippen LogP contribution in [0.3, 0.4) is 0 Å². The highest BCUT2D eigenvalue weighted by Crippen LogP contribution is 2.26. The van der Waals surface area contributed by atoms with Gasteiger partial charge in [0.1, 0.15) is 18.4 Å². The van der Waals surface area contributed by atoms with Crippen LogP contribution in [0.4, 0.5) is 0 Å². The minimum absolute atomic E-state index is 0.180. The molecule has 0 aliphatic rings. The predicted molar refractivity (Wildman–Crippen MR) is 95.0 cm³/mol. The molecule has 0 N–H and O–H groups in total. The van der Waals surface area contributed by atoms with Gasteiger partial charge in [0.2, 0.25) is 0 Å². The van der Waals surface area contributed by atoms with Crippen LogP contribution in [-0.2, 0) is 7.05 Å². The van der Waals surface area contributed by atoms with E-state index in [4.69, 9.17) is 11.2 Å². The van der Waals surface area contributed by atoms with Crippen LogP contribution in [0.5, 0.6) is 5.75 Å². The van der Waals surface area contributed by atoms with E-state index in [2.05, 4.69) is 17.0 Å².